The highest BCUT2D eigenvalue weighted by Crippen LogP contribution is 2.42. The summed E-state index contributed by atoms with van der Waals surface area (Å²) in [7, 11) is 3.19. The van der Waals surface area contributed by atoms with E-state index in [1.165, 1.54) is 11.3 Å². The van der Waals surface area contributed by atoms with Gasteiger partial charge in [-0.1, -0.05) is 30.3 Å². The van der Waals surface area contributed by atoms with Gasteiger partial charge in [0.25, 0.3) is 0 Å². The van der Waals surface area contributed by atoms with Crippen LogP contribution >= 0.6 is 43.2 Å². The predicted molar refractivity (Wildman–Crippen MR) is 114 cm³/mol. The summed E-state index contributed by atoms with van der Waals surface area (Å²) < 4.78 is 12.3. The Morgan fingerprint density at radius 1 is 1.12 bits per heavy atom. The number of benzene rings is 2. The monoisotopic (exact) mass is 495 g/mol. The molecule has 1 N–H and O–H groups in total. The van der Waals surface area contributed by atoms with Gasteiger partial charge >= 0.3 is 0 Å². The smallest absolute Gasteiger partial charge is 0.203 e. The fourth-order valence-electron chi connectivity index (χ4n) is 2.26. The molecule has 1 heterocycles. The number of aromatic nitrogens is 1. The van der Waals surface area contributed by atoms with E-state index in [-0.39, 0.29) is 0 Å². The molecule has 134 valence electrons. The summed E-state index contributed by atoms with van der Waals surface area (Å²) in [6, 6.07) is 11.9. The van der Waals surface area contributed by atoms with Crippen molar-refractivity contribution in [3.05, 3.63) is 56.3 Å². The number of hydrogen-bond donors (Lipinski definition) is 1. The third-order valence-corrected chi connectivity index (χ3v) is 6.41. The first-order chi connectivity index (χ1) is 12.6. The molecule has 2 aromatic carbocycles. The van der Waals surface area contributed by atoms with E-state index in [2.05, 4.69) is 47.4 Å². The van der Waals surface area contributed by atoms with Gasteiger partial charge in [-0.05, 0) is 37.9 Å². The van der Waals surface area contributed by atoms with Crippen molar-refractivity contribution in [2.75, 3.05) is 19.6 Å². The minimum Gasteiger partial charge on any atom is -0.493 e. The molecular weight excluding hydrogens is 482 g/mol. The molecule has 8 heteroatoms. The minimum absolute atomic E-state index is 0.615. The third kappa shape index (κ3) is 4.08. The minimum atomic E-state index is 0.615. The number of methoxy groups -OCH3 is 2. The van der Waals surface area contributed by atoms with Crippen molar-refractivity contribution in [2.45, 2.75) is 0 Å². The summed E-state index contributed by atoms with van der Waals surface area (Å²) in [6.45, 7) is 0. The first-order valence-electron chi connectivity index (χ1n) is 7.54. The number of thiazole rings is 1. The van der Waals surface area contributed by atoms with E-state index >= 15 is 0 Å². The van der Waals surface area contributed by atoms with E-state index in [0.717, 1.165) is 30.9 Å². The van der Waals surface area contributed by atoms with Crippen molar-refractivity contribution >= 4 is 54.5 Å². The number of nitrogens with one attached hydrogen (secondary N) is 1. The fourth-order valence-corrected chi connectivity index (χ4v) is 3.92. The van der Waals surface area contributed by atoms with Crippen LogP contribution in [0.4, 0.5) is 5.13 Å². The summed E-state index contributed by atoms with van der Waals surface area (Å²) in [4.78, 5) is 4.54. The average molecular weight is 497 g/mol. The number of halogens is 2. The Bertz CT molecular complexity index is 930. The van der Waals surface area contributed by atoms with Crippen LogP contribution in [-0.2, 0) is 0 Å². The van der Waals surface area contributed by atoms with Crippen LogP contribution in [-0.4, -0.2) is 25.4 Å². The SMILES string of the molecule is COc1cc(C=NNc2nc(-c3ccccc3)cs2)c(Br)c(Br)c1OC. The lowest BCUT2D eigenvalue weighted by Crippen LogP contribution is -1.97. The maximum atomic E-state index is 5.36. The van der Waals surface area contributed by atoms with Crippen LogP contribution in [0.2, 0.25) is 0 Å². The van der Waals surface area contributed by atoms with Crippen molar-refractivity contribution in [1.82, 2.24) is 4.98 Å². The number of anilines is 1. The van der Waals surface area contributed by atoms with E-state index in [0.29, 0.717) is 11.5 Å². The number of hydrogen-bond acceptors (Lipinski definition) is 6. The molecule has 0 saturated heterocycles. The van der Waals surface area contributed by atoms with Crippen molar-refractivity contribution in [3.63, 3.8) is 0 Å². The molecule has 3 rings (SSSR count). The Labute approximate surface area is 172 Å². The normalized spacial score (nSPS) is 10.9. The molecule has 26 heavy (non-hydrogen) atoms. The Balaban J connectivity index is 1.77. The van der Waals surface area contributed by atoms with Crippen molar-refractivity contribution in [1.29, 1.82) is 0 Å². The lowest BCUT2D eigenvalue weighted by atomic mass is 10.2. The molecule has 0 amide bonds. The van der Waals surface area contributed by atoms with Crippen LogP contribution < -0.4 is 14.9 Å². The third-order valence-electron chi connectivity index (χ3n) is 3.52. The van der Waals surface area contributed by atoms with E-state index in [1.807, 2.05) is 41.8 Å². The van der Waals surface area contributed by atoms with Crippen LogP contribution in [0.15, 0.2) is 55.8 Å². The lowest BCUT2D eigenvalue weighted by Gasteiger charge is -2.12. The molecule has 0 aliphatic rings. The maximum absolute atomic E-state index is 5.36. The molecule has 0 unspecified atom stereocenters. The molecule has 0 saturated carbocycles. The second-order valence-corrected chi connectivity index (χ2v) is 7.55. The van der Waals surface area contributed by atoms with Gasteiger partial charge in [-0.15, -0.1) is 11.3 Å². The lowest BCUT2D eigenvalue weighted by molar-refractivity contribution is 0.353. The summed E-state index contributed by atoms with van der Waals surface area (Å²) >= 11 is 8.55. The second kappa shape index (κ2) is 8.66. The second-order valence-electron chi connectivity index (χ2n) is 5.10. The Morgan fingerprint density at radius 2 is 1.88 bits per heavy atom. The van der Waals surface area contributed by atoms with E-state index in [9.17, 15) is 0 Å². The summed E-state index contributed by atoms with van der Waals surface area (Å²) in [5.41, 5.74) is 5.80. The molecule has 0 fully saturated rings. The fraction of sp³-hybridized carbons (Fsp3) is 0.111. The van der Waals surface area contributed by atoms with Crippen LogP contribution in [0, 0.1) is 0 Å². The first-order valence-corrected chi connectivity index (χ1v) is 10.0. The maximum Gasteiger partial charge on any atom is 0.203 e. The molecule has 1 aromatic heterocycles. The molecule has 3 aromatic rings. The Hall–Kier alpha value is -1.90. The van der Waals surface area contributed by atoms with Gasteiger partial charge in [0.05, 0.1) is 30.6 Å². The number of hydrazone groups is 1. The first kappa shape index (κ1) is 18.9. The van der Waals surface area contributed by atoms with E-state index in [4.69, 9.17) is 9.47 Å². The molecular formula is C18H15Br2N3O2S. The van der Waals surface area contributed by atoms with Crippen molar-refractivity contribution in [2.24, 2.45) is 5.10 Å². The topological polar surface area (TPSA) is 55.7 Å². The highest BCUT2D eigenvalue weighted by Gasteiger charge is 2.15. The van der Waals surface area contributed by atoms with Crippen molar-refractivity contribution in [3.8, 4) is 22.8 Å². The molecule has 5 nitrogen and oxygen atoms in total. The molecule has 0 aliphatic heterocycles. The zero-order chi connectivity index (χ0) is 18.5. The molecule has 0 spiro atoms. The molecule has 0 radical (unpaired) electrons. The van der Waals surface area contributed by atoms with Gasteiger partial charge in [-0.2, -0.15) is 5.10 Å². The van der Waals surface area contributed by atoms with Gasteiger partial charge in [0.1, 0.15) is 0 Å². The zero-order valence-electron chi connectivity index (χ0n) is 14.0. The molecule has 0 aliphatic carbocycles. The number of nitrogens with zero attached hydrogens (tertiary/aromatic N) is 2. The van der Waals surface area contributed by atoms with Gasteiger partial charge in [0.2, 0.25) is 5.13 Å². The molecule has 0 bridgehead atoms. The van der Waals surface area contributed by atoms with Crippen LogP contribution in [0.5, 0.6) is 11.5 Å². The zero-order valence-corrected chi connectivity index (χ0v) is 18.0. The highest BCUT2D eigenvalue weighted by molar-refractivity contribution is 9.13. The van der Waals surface area contributed by atoms with Crippen molar-refractivity contribution < 1.29 is 9.47 Å². The average Bonchev–Trinajstić information content (AvgIpc) is 3.14. The Morgan fingerprint density at radius 3 is 2.58 bits per heavy atom. The van der Waals surface area contributed by atoms with E-state index in [1.54, 1.807) is 20.4 Å². The summed E-state index contributed by atoms with van der Waals surface area (Å²) in [5, 5.41) is 6.99. The van der Waals surface area contributed by atoms with Crippen LogP contribution in [0.25, 0.3) is 11.3 Å². The largest absolute Gasteiger partial charge is 0.493 e. The number of ether oxygens (including phenoxy) is 2. The van der Waals surface area contributed by atoms with Gasteiger partial charge in [-0.25, -0.2) is 4.98 Å². The highest BCUT2D eigenvalue weighted by atomic mass is 79.9. The standard InChI is InChI=1S/C18H15Br2N3O2S/c1-24-14-8-12(15(19)16(20)17(14)25-2)9-21-23-18-22-13(10-26-18)11-6-4-3-5-7-11/h3-10H,1-2H3,(H,22,23). The van der Waals surface area contributed by atoms with Gasteiger partial charge in [0, 0.05) is 21.0 Å². The predicted octanol–water partition coefficient (Wildman–Crippen LogP) is 5.80. The summed E-state index contributed by atoms with van der Waals surface area (Å²) in [5.74, 6) is 1.24. The van der Waals surface area contributed by atoms with E-state index < -0.39 is 0 Å². The van der Waals surface area contributed by atoms with Crippen LogP contribution in [0.1, 0.15) is 5.56 Å². The molecule has 0 atom stereocenters. The van der Waals surface area contributed by atoms with Gasteiger partial charge < -0.3 is 9.47 Å². The van der Waals surface area contributed by atoms with Crippen LogP contribution in [0.3, 0.4) is 0 Å². The Kier molecular flexibility index (Phi) is 6.29. The summed E-state index contributed by atoms with van der Waals surface area (Å²) in [6.07, 6.45) is 1.69. The number of rotatable bonds is 6. The van der Waals surface area contributed by atoms with Gasteiger partial charge in [0.15, 0.2) is 11.5 Å². The quantitative estimate of drug-likeness (QED) is 0.346. The van der Waals surface area contributed by atoms with Gasteiger partial charge in [-0.3, -0.25) is 5.43 Å².